The third-order valence-electron chi connectivity index (χ3n) is 2.80. The number of nitrogens with zero attached hydrogens (tertiary/aromatic N) is 2. The van der Waals surface area contributed by atoms with E-state index in [2.05, 4.69) is 9.80 Å². The maximum Gasteiger partial charge on any atom is 0.304 e. The Morgan fingerprint density at radius 3 is 2.87 bits per heavy atom. The highest BCUT2D eigenvalue weighted by molar-refractivity contribution is 5.67. The molecule has 0 amide bonds. The Morgan fingerprint density at radius 2 is 2.27 bits per heavy atom. The van der Waals surface area contributed by atoms with E-state index in [0.717, 1.165) is 26.2 Å². The Morgan fingerprint density at radius 1 is 1.53 bits per heavy atom. The summed E-state index contributed by atoms with van der Waals surface area (Å²) in [5.41, 5.74) is 0. The number of ether oxygens (including phenoxy) is 1. The number of rotatable bonds is 5. The van der Waals surface area contributed by atoms with Gasteiger partial charge in [-0.25, -0.2) is 0 Å². The molecule has 1 atom stereocenters. The molecule has 15 heavy (non-hydrogen) atoms. The molecule has 0 aromatic carbocycles. The zero-order valence-corrected chi connectivity index (χ0v) is 9.48. The predicted molar refractivity (Wildman–Crippen MR) is 57.0 cm³/mol. The molecule has 0 spiro atoms. The molecule has 1 fully saturated rings. The van der Waals surface area contributed by atoms with Crippen molar-refractivity contribution in [3.63, 3.8) is 0 Å². The molecule has 0 bridgehead atoms. The average molecular weight is 216 g/mol. The zero-order valence-electron chi connectivity index (χ0n) is 9.48. The third kappa shape index (κ3) is 4.15. The van der Waals surface area contributed by atoms with Crippen molar-refractivity contribution in [2.45, 2.75) is 12.5 Å². The van der Waals surface area contributed by atoms with Gasteiger partial charge < -0.3 is 14.7 Å². The molecule has 5 nitrogen and oxygen atoms in total. The van der Waals surface area contributed by atoms with Crippen molar-refractivity contribution >= 4 is 5.97 Å². The van der Waals surface area contributed by atoms with Crippen molar-refractivity contribution < 1.29 is 14.6 Å². The zero-order chi connectivity index (χ0) is 11.3. The van der Waals surface area contributed by atoms with Crippen LogP contribution in [-0.2, 0) is 9.53 Å². The molecule has 1 N–H and O–H groups in total. The molecule has 0 saturated carbocycles. The molecule has 1 aliphatic rings. The average Bonchev–Trinajstić information content (AvgIpc) is 2.16. The van der Waals surface area contributed by atoms with Crippen LogP contribution in [0, 0.1) is 0 Å². The summed E-state index contributed by atoms with van der Waals surface area (Å²) in [6, 6.07) is 0.122. The SMILES string of the molecule is COCCN1CCN(C)CC1CC(=O)O. The highest BCUT2D eigenvalue weighted by Crippen LogP contribution is 2.11. The first-order valence-electron chi connectivity index (χ1n) is 5.27. The van der Waals surface area contributed by atoms with Crippen molar-refractivity contribution in [2.24, 2.45) is 0 Å². The van der Waals surface area contributed by atoms with Crippen molar-refractivity contribution in [3.8, 4) is 0 Å². The summed E-state index contributed by atoms with van der Waals surface area (Å²) < 4.78 is 5.02. The number of carboxylic acid groups (broad SMARTS) is 1. The van der Waals surface area contributed by atoms with Crippen LogP contribution in [0.2, 0.25) is 0 Å². The lowest BCUT2D eigenvalue weighted by Gasteiger charge is -2.39. The standard InChI is InChI=1S/C10H20N2O3/c1-11-3-4-12(5-6-15-2)9(8-11)7-10(13)14/h9H,3-8H2,1-2H3,(H,13,14). The summed E-state index contributed by atoms with van der Waals surface area (Å²) in [6.45, 7) is 4.25. The molecule has 1 rings (SSSR count). The summed E-state index contributed by atoms with van der Waals surface area (Å²) in [7, 11) is 3.70. The maximum absolute atomic E-state index is 10.7. The first-order chi connectivity index (χ1) is 7.13. The van der Waals surface area contributed by atoms with E-state index in [0.29, 0.717) is 6.61 Å². The quantitative estimate of drug-likeness (QED) is 0.685. The first-order valence-corrected chi connectivity index (χ1v) is 5.27. The Balaban J connectivity index is 2.46. The number of hydrogen-bond donors (Lipinski definition) is 1. The number of carbonyl (C=O) groups is 1. The van der Waals surface area contributed by atoms with Gasteiger partial charge in [-0.15, -0.1) is 0 Å². The topological polar surface area (TPSA) is 53.0 Å². The van der Waals surface area contributed by atoms with Gasteiger partial charge in [-0.1, -0.05) is 0 Å². The van der Waals surface area contributed by atoms with Crippen LogP contribution in [0.1, 0.15) is 6.42 Å². The van der Waals surface area contributed by atoms with Gasteiger partial charge in [-0.3, -0.25) is 9.69 Å². The van der Waals surface area contributed by atoms with Gasteiger partial charge in [0.2, 0.25) is 0 Å². The molecule has 1 saturated heterocycles. The van der Waals surface area contributed by atoms with Crippen LogP contribution in [0.25, 0.3) is 0 Å². The van der Waals surface area contributed by atoms with Gasteiger partial charge in [-0.05, 0) is 7.05 Å². The Bertz CT molecular complexity index is 209. The molecule has 88 valence electrons. The van der Waals surface area contributed by atoms with E-state index in [1.807, 2.05) is 7.05 Å². The van der Waals surface area contributed by atoms with Crippen molar-refractivity contribution in [1.29, 1.82) is 0 Å². The van der Waals surface area contributed by atoms with Crippen molar-refractivity contribution in [1.82, 2.24) is 9.80 Å². The summed E-state index contributed by atoms with van der Waals surface area (Å²) in [5, 5.41) is 8.82. The first kappa shape index (κ1) is 12.4. The van der Waals surface area contributed by atoms with E-state index >= 15 is 0 Å². The van der Waals surface area contributed by atoms with Crippen molar-refractivity contribution in [2.75, 3.05) is 46.9 Å². The second-order valence-electron chi connectivity index (χ2n) is 4.04. The molecular weight excluding hydrogens is 196 g/mol. The van der Waals surface area contributed by atoms with Gasteiger partial charge in [0.05, 0.1) is 13.0 Å². The van der Waals surface area contributed by atoms with E-state index in [9.17, 15) is 4.79 Å². The van der Waals surface area contributed by atoms with Gasteiger partial charge in [0, 0.05) is 39.3 Å². The molecule has 0 aromatic rings. The Labute approximate surface area is 90.6 Å². The van der Waals surface area contributed by atoms with Gasteiger partial charge >= 0.3 is 5.97 Å². The monoisotopic (exact) mass is 216 g/mol. The summed E-state index contributed by atoms with van der Waals surface area (Å²) >= 11 is 0. The number of methoxy groups -OCH3 is 1. The Kier molecular flexibility index (Phi) is 5.01. The second-order valence-corrected chi connectivity index (χ2v) is 4.04. The summed E-state index contributed by atoms with van der Waals surface area (Å²) in [5.74, 6) is -0.724. The highest BCUT2D eigenvalue weighted by atomic mass is 16.5. The number of carboxylic acids is 1. The van der Waals surface area contributed by atoms with Gasteiger partial charge in [0.1, 0.15) is 0 Å². The lowest BCUT2D eigenvalue weighted by Crippen LogP contribution is -2.53. The molecule has 1 heterocycles. The van der Waals surface area contributed by atoms with E-state index in [4.69, 9.17) is 9.84 Å². The smallest absolute Gasteiger partial charge is 0.304 e. The van der Waals surface area contributed by atoms with Crippen LogP contribution in [0.15, 0.2) is 0 Å². The molecule has 0 aliphatic carbocycles. The van der Waals surface area contributed by atoms with Crippen LogP contribution < -0.4 is 0 Å². The van der Waals surface area contributed by atoms with Gasteiger partial charge in [-0.2, -0.15) is 0 Å². The van der Waals surface area contributed by atoms with Crippen LogP contribution in [0.5, 0.6) is 0 Å². The van der Waals surface area contributed by atoms with Crippen LogP contribution in [0.3, 0.4) is 0 Å². The molecule has 5 heteroatoms. The number of piperazine rings is 1. The van der Waals surface area contributed by atoms with Gasteiger partial charge in [0.25, 0.3) is 0 Å². The maximum atomic E-state index is 10.7. The molecule has 0 radical (unpaired) electrons. The minimum atomic E-state index is -0.724. The van der Waals surface area contributed by atoms with Crippen LogP contribution in [-0.4, -0.2) is 73.9 Å². The summed E-state index contributed by atoms with van der Waals surface area (Å²) in [4.78, 5) is 15.1. The fourth-order valence-electron chi connectivity index (χ4n) is 1.95. The lowest BCUT2D eigenvalue weighted by molar-refractivity contribution is -0.139. The van der Waals surface area contributed by atoms with E-state index in [-0.39, 0.29) is 12.5 Å². The van der Waals surface area contributed by atoms with Crippen LogP contribution in [0.4, 0.5) is 0 Å². The predicted octanol–water partition coefficient (Wildman–Crippen LogP) is -0.276. The normalized spacial score (nSPS) is 24.3. The fourth-order valence-corrected chi connectivity index (χ4v) is 1.95. The number of likely N-dealkylation sites (N-methyl/N-ethyl adjacent to an activating group) is 1. The second kappa shape index (κ2) is 6.05. The highest BCUT2D eigenvalue weighted by Gasteiger charge is 2.26. The Hall–Kier alpha value is -0.650. The minimum absolute atomic E-state index is 0.122. The third-order valence-corrected chi connectivity index (χ3v) is 2.80. The van der Waals surface area contributed by atoms with Crippen LogP contribution >= 0.6 is 0 Å². The molecule has 0 aromatic heterocycles. The molecule has 1 aliphatic heterocycles. The fraction of sp³-hybridized carbons (Fsp3) is 0.900. The molecular formula is C10H20N2O3. The number of aliphatic carboxylic acids is 1. The minimum Gasteiger partial charge on any atom is -0.481 e. The van der Waals surface area contributed by atoms with E-state index in [1.54, 1.807) is 7.11 Å². The van der Waals surface area contributed by atoms with E-state index in [1.165, 1.54) is 0 Å². The lowest BCUT2D eigenvalue weighted by atomic mass is 10.1. The van der Waals surface area contributed by atoms with Gasteiger partial charge in [0.15, 0.2) is 0 Å². The van der Waals surface area contributed by atoms with Crippen molar-refractivity contribution in [3.05, 3.63) is 0 Å². The largest absolute Gasteiger partial charge is 0.481 e. The molecule has 1 unspecified atom stereocenters. The summed E-state index contributed by atoms with van der Waals surface area (Å²) in [6.07, 6.45) is 0.216. The van der Waals surface area contributed by atoms with E-state index < -0.39 is 5.97 Å². The number of hydrogen-bond acceptors (Lipinski definition) is 4.